The summed E-state index contributed by atoms with van der Waals surface area (Å²) in [5, 5.41) is 0. The molecule has 1 aliphatic rings. The molecule has 0 amide bonds. The van der Waals surface area contributed by atoms with Crippen molar-refractivity contribution in [2.75, 3.05) is 32.1 Å². The van der Waals surface area contributed by atoms with E-state index in [-0.39, 0.29) is 0 Å². The van der Waals surface area contributed by atoms with Gasteiger partial charge in [0.2, 0.25) is 0 Å². The normalized spacial score (nSPS) is 15.6. The lowest BCUT2D eigenvalue weighted by Crippen LogP contribution is -2.46. The van der Waals surface area contributed by atoms with E-state index < -0.39 is 0 Å². The molecule has 0 aromatic carbocycles. The highest BCUT2D eigenvalue weighted by molar-refractivity contribution is 5.78. The van der Waals surface area contributed by atoms with Crippen molar-refractivity contribution in [1.29, 1.82) is 0 Å². The molecule has 2 heterocycles. The van der Waals surface area contributed by atoms with Crippen LogP contribution in [0.25, 0.3) is 0 Å². The van der Waals surface area contributed by atoms with Gasteiger partial charge in [-0.25, -0.2) is 4.99 Å². The molecule has 1 aliphatic heterocycles. The minimum absolute atomic E-state index is 0.538. The molecule has 5 nitrogen and oxygen atoms in total. The largest absolute Gasteiger partial charge is 0.376 e. The summed E-state index contributed by atoms with van der Waals surface area (Å²) in [6.07, 6.45) is 3.00. The van der Waals surface area contributed by atoms with Gasteiger partial charge in [-0.1, -0.05) is 0 Å². The molecular formula is C12H19N5. The van der Waals surface area contributed by atoms with Gasteiger partial charge in [0.1, 0.15) is 0 Å². The molecule has 1 aromatic heterocycles. The predicted octanol–water partition coefficient (Wildman–Crippen LogP) is 0.668. The molecule has 92 valence electrons. The van der Waals surface area contributed by atoms with E-state index in [2.05, 4.69) is 14.9 Å². The van der Waals surface area contributed by atoms with Gasteiger partial charge in [0.25, 0.3) is 0 Å². The molecule has 0 spiro atoms. The number of guanidine groups is 1. The van der Waals surface area contributed by atoms with E-state index in [4.69, 9.17) is 5.73 Å². The second kappa shape index (κ2) is 5.03. The summed E-state index contributed by atoms with van der Waals surface area (Å²) in [7, 11) is 4.01. The van der Waals surface area contributed by atoms with Crippen LogP contribution in [0.3, 0.4) is 0 Å². The summed E-state index contributed by atoms with van der Waals surface area (Å²) in [6.45, 7) is 2.59. The number of nitrogens with zero attached hydrogens (tertiary/aromatic N) is 4. The Morgan fingerprint density at radius 2 is 2.29 bits per heavy atom. The van der Waals surface area contributed by atoms with Gasteiger partial charge in [0.05, 0.1) is 17.9 Å². The minimum Gasteiger partial charge on any atom is -0.376 e. The maximum atomic E-state index is 5.89. The zero-order valence-corrected chi connectivity index (χ0v) is 10.4. The van der Waals surface area contributed by atoms with Crippen LogP contribution < -0.4 is 10.6 Å². The smallest absolute Gasteiger partial charge is 0.191 e. The van der Waals surface area contributed by atoms with E-state index in [1.54, 1.807) is 6.20 Å². The summed E-state index contributed by atoms with van der Waals surface area (Å²) < 4.78 is 0. The van der Waals surface area contributed by atoms with Crippen molar-refractivity contribution in [3.63, 3.8) is 0 Å². The average molecular weight is 233 g/mol. The lowest BCUT2D eigenvalue weighted by molar-refractivity contribution is 0.295. The fourth-order valence-electron chi connectivity index (χ4n) is 1.76. The molecule has 5 heteroatoms. The molecule has 0 unspecified atom stereocenters. The average Bonchev–Trinajstić information content (AvgIpc) is 2.24. The van der Waals surface area contributed by atoms with E-state index >= 15 is 0 Å². The van der Waals surface area contributed by atoms with Crippen LogP contribution in [0, 0.1) is 0 Å². The van der Waals surface area contributed by atoms with Gasteiger partial charge in [-0.2, -0.15) is 0 Å². The third-order valence-corrected chi connectivity index (χ3v) is 2.92. The van der Waals surface area contributed by atoms with Crippen molar-refractivity contribution in [1.82, 2.24) is 9.88 Å². The lowest BCUT2D eigenvalue weighted by Gasteiger charge is -2.31. The maximum Gasteiger partial charge on any atom is 0.191 e. The van der Waals surface area contributed by atoms with Crippen LogP contribution in [-0.4, -0.2) is 43.0 Å². The Kier molecular flexibility index (Phi) is 3.46. The van der Waals surface area contributed by atoms with Crippen LogP contribution in [-0.2, 0) is 6.54 Å². The monoisotopic (exact) mass is 233 g/mol. The number of rotatable bonds is 3. The summed E-state index contributed by atoms with van der Waals surface area (Å²) in [4.78, 5) is 12.9. The van der Waals surface area contributed by atoms with Gasteiger partial charge in [0.15, 0.2) is 5.96 Å². The minimum atomic E-state index is 0.538. The molecule has 2 rings (SSSR count). The first kappa shape index (κ1) is 11.7. The second-order valence-electron chi connectivity index (χ2n) is 4.38. The van der Waals surface area contributed by atoms with E-state index in [0.29, 0.717) is 12.5 Å². The van der Waals surface area contributed by atoms with Crippen LogP contribution in [0.2, 0.25) is 0 Å². The molecule has 0 bridgehead atoms. The first-order valence-corrected chi connectivity index (χ1v) is 5.84. The molecule has 0 aliphatic carbocycles. The molecule has 1 fully saturated rings. The van der Waals surface area contributed by atoms with Crippen molar-refractivity contribution < 1.29 is 0 Å². The Morgan fingerprint density at radius 1 is 1.53 bits per heavy atom. The lowest BCUT2D eigenvalue weighted by atomic mass is 10.2. The van der Waals surface area contributed by atoms with Crippen molar-refractivity contribution in [2.45, 2.75) is 13.0 Å². The molecular weight excluding hydrogens is 214 g/mol. The van der Waals surface area contributed by atoms with Crippen molar-refractivity contribution in [3.05, 3.63) is 24.0 Å². The Labute approximate surface area is 102 Å². The second-order valence-corrected chi connectivity index (χ2v) is 4.38. The van der Waals surface area contributed by atoms with Crippen LogP contribution >= 0.6 is 0 Å². The van der Waals surface area contributed by atoms with E-state index in [0.717, 1.165) is 24.5 Å². The number of nitrogens with two attached hydrogens (primary N) is 1. The fourth-order valence-corrected chi connectivity index (χ4v) is 1.76. The van der Waals surface area contributed by atoms with Crippen molar-refractivity contribution >= 4 is 11.6 Å². The van der Waals surface area contributed by atoms with Crippen LogP contribution in [0.4, 0.5) is 5.69 Å². The number of hydrogen-bond donors (Lipinski definition) is 1. The summed E-state index contributed by atoms with van der Waals surface area (Å²) in [5.74, 6) is 0.631. The highest BCUT2D eigenvalue weighted by Gasteiger charge is 2.15. The zero-order valence-electron chi connectivity index (χ0n) is 10.4. The number of aromatic nitrogens is 1. The third kappa shape index (κ3) is 2.67. The van der Waals surface area contributed by atoms with Crippen LogP contribution in [0.15, 0.2) is 23.3 Å². The van der Waals surface area contributed by atoms with Crippen molar-refractivity contribution in [3.8, 4) is 0 Å². The Bertz CT molecular complexity index is 409. The quantitative estimate of drug-likeness (QED) is 0.616. The number of anilines is 1. The Morgan fingerprint density at radius 3 is 2.88 bits per heavy atom. The molecule has 2 N–H and O–H groups in total. The SMILES string of the molecule is CN(C)c1cccnc1CN=C(N)N1CCC1. The van der Waals surface area contributed by atoms with Gasteiger partial charge in [-0.05, 0) is 18.6 Å². The third-order valence-electron chi connectivity index (χ3n) is 2.92. The first-order chi connectivity index (χ1) is 8.18. The molecule has 0 atom stereocenters. The number of likely N-dealkylation sites (tertiary alicyclic amines) is 1. The molecule has 0 radical (unpaired) electrons. The van der Waals surface area contributed by atoms with Gasteiger partial charge in [-0.15, -0.1) is 0 Å². The van der Waals surface area contributed by atoms with E-state index in [9.17, 15) is 0 Å². The Hall–Kier alpha value is -1.78. The van der Waals surface area contributed by atoms with Crippen molar-refractivity contribution in [2.24, 2.45) is 10.7 Å². The topological polar surface area (TPSA) is 57.8 Å². The van der Waals surface area contributed by atoms with Gasteiger partial charge >= 0.3 is 0 Å². The van der Waals surface area contributed by atoms with Gasteiger partial charge in [0, 0.05) is 33.4 Å². The number of aliphatic imine (C=N–C) groups is 1. The van der Waals surface area contributed by atoms with E-state index in [1.807, 2.05) is 31.1 Å². The molecule has 1 aromatic rings. The number of hydrogen-bond acceptors (Lipinski definition) is 3. The highest BCUT2D eigenvalue weighted by atomic mass is 15.3. The Balaban J connectivity index is 2.07. The van der Waals surface area contributed by atoms with Gasteiger partial charge in [-0.3, -0.25) is 4.98 Å². The van der Waals surface area contributed by atoms with Crippen LogP contribution in [0.1, 0.15) is 12.1 Å². The number of pyridine rings is 1. The summed E-state index contributed by atoms with van der Waals surface area (Å²) >= 11 is 0. The standard InChI is InChI=1S/C12H19N5/c1-16(2)11-5-3-6-14-10(11)9-15-12(13)17-7-4-8-17/h3,5-6H,4,7-9H2,1-2H3,(H2,13,15). The van der Waals surface area contributed by atoms with Gasteiger partial charge < -0.3 is 15.5 Å². The van der Waals surface area contributed by atoms with Crippen LogP contribution in [0.5, 0.6) is 0 Å². The zero-order chi connectivity index (χ0) is 12.3. The summed E-state index contributed by atoms with van der Waals surface area (Å²) in [5.41, 5.74) is 7.94. The molecule has 17 heavy (non-hydrogen) atoms. The molecule has 0 saturated carbocycles. The summed E-state index contributed by atoms with van der Waals surface area (Å²) in [6, 6.07) is 3.97. The molecule has 1 saturated heterocycles. The first-order valence-electron chi connectivity index (χ1n) is 5.84. The maximum absolute atomic E-state index is 5.89. The predicted molar refractivity (Wildman–Crippen MR) is 70.1 cm³/mol. The highest BCUT2D eigenvalue weighted by Crippen LogP contribution is 2.16. The fraction of sp³-hybridized carbons (Fsp3) is 0.500. The van der Waals surface area contributed by atoms with E-state index in [1.165, 1.54) is 6.42 Å².